The van der Waals surface area contributed by atoms with Crippen LogP contribution >= 0.6 is 0 Å². The van der Waals surface area contributed by atoms with Crippen molar-refractivity contribution in [1.82, 2.24) is 14.9 Å². The van der Waals surface area contributed by atoms with Crippen LogP contribution in [0.3, 0.4) is 0 Å². The third-order valence-corrected chi connectivity index (χ3v) is 8.54. The quantitative estimate of drug-likeness (QED) is 0.342. The predicted molar refractivity (Wildman–Crippen MR) is 137 cm³/mol. The first-order valence-electron chi connectivity index (χ1n) is 13.1. The molecule has 0 spiro atoms. The molecular weight excluding hydrogens is 536 g/mol. The fourth-order valence-electron chi connectivity index (χ4n) is 4.75. The average Bonchev–Trinajstić information content (AvgIpc) is 3.39. The number of carbonyl (C=O) groups excluding carboxylic acids is 3. The number of carbonyl (C=O) groups is 3. The summed E-state index contributed by atoms with van der Waals surface area (Å²) in [4.78, 5) is 39.4. The lowest BCUT2D eigenvalue weighted by molar-refractivity contribution is -0.146. The number of rotatable bonds is 9. The van der Waals surface area contributed by atoms with Crippen molar-refractivity contribution in [2.45, 2.75) is 75.6 Å². The van der Waals surface area contributed by atoms with Gasteiger partial charge in [-0.25, -0.2) is 13.6 Å². The molecule has 0 bridgehead atoms. The zero-order valence-corrected chi connectivity index (χ0v) is 23.1. The third-order valence-electron chi connectivity index (χ3n) is 6.96. The monoisotopic (exact) mass is 571 g/mol. The van der Waals surface area contributed by atoms with Crippen molar-refractivity contribution in [1.29, 1.82) is 0 Å². The van der Waals surface area contributed by atoms with Gasteiger partial charge in [0.15, 0.2) is 0 Å². The Morgan fingerprint density at radius 1 is 1.18 bits per heavy atom. The Labute approximate surface area is 229 Å². The molecule has 13 heteroatoms. The first-order chi connectivity index (χ1) is 18.5. The first-order valence-corrected chi connectivity index (χ1v) is 14.2. The van der Waals surface area contributed by atoms with E-state index in [1.807, 2.05) is 0 Å². The number of halogens is 2. The molecule has 1 aromatic carbocycles. The van der Waals surface area contributed by atoms with E-state index in [4.69, 9.17) is 14.2 Å². The van der Waals surface area contributed by atoms with E-state index in [0.29, 0.717) is 45.7 Å². The Balaban J connectivity index is 1.59. The van der Waals surface area contributed by atoms with Gasteiger partial charge in [0, 0.05) is 49.0 Å². The summed E-state index contributed by atoms with van der Waals surface area (Å²) in [7, 11) is 0. The van der Waals surface area contributed by atoms with Gasteiger partial charge in [0.1, 0.15) is 40.5 Å². The van der Waals surface area contributed by atoms with Crippen molar-refractivity contribution < 1.29 is 41.9 Å². The lowest BCUT2D eigenvalue weighted by Crippen LogP contribution is -2.62. The maximum atomic E-state index is 16.1. The van der Waals surface area contributed by atoms with E-state index in [1.54, 1.807) is 20.8 Å². The number of hydrogen-bond donors (Lipinski definition) is 2. The first kappa shape index (κ1) is 29.7. The minimum absolute atomic E-state index is 0.155. The molecule has 0 aliphatic carbocycles. The van der Waals surface area contributed by atoms with Crippen LogP contribution in [0.4, 0.5) is 13.6 Å². The van der Waals surface area contributed by atoms with E-state index in [-0.39, 0.29) is 17.4 Å². The third kappa shape index (κ3) is 7.07. The van der Waals surface area contributed by atoms with Gasteiger partial charge in [0.25, 0.3) is 0 Å². The molecule has 3 aliphatic rings. The molecular formula is C26H35F2N3O7S. The summed E-state index contributed by atoms with van der Waals surface area (Å²) in [5.74, 6) is -3.75. The number of hydrogen-bond acceptors (Lipinski definition) is 8. The maximum absolute atomic E-state index is 16.1. The van der Waals surface area contributed by atoms with Gasteiger partial charge in [-0.2, -0.15) is 0 Å². The normalized spacial score (nSPS) is 25.4. The van der Waals surface area contributed by atoms with Gasteiger partial charge in [0.05, 0.1) is 13.2 Å². The number of benzene rings is 1. The molecule has 39 heavy (non-hydrogen) atoms. The van der Waals surface area contributed by atoms with E-state index in [9.17, 15) is 18.9 Å². The van der Waals surface area contributed by atoms with Crippen LogP contribution in [0, 0.1) is 11.7 Å². The summed E-state index contributed by atoms with van der Waals surface area (Å²) < 4.78 is 62.6. The number of alkyl halides is 1. The van der Waals surface area contributed by atoms with E-state index in [0.717, 1.165) is 11.0 Å². The SMILES string of the molecule is CC(C)(C)[S+]([O-])N[C@@H](c1cc(OC2CCOC2)ccc1F)[C@@H](F)CC1C(=O)NC(=O)N(C2CCOCC2)C1=O. The Morgan fingerprint density at radius 2 is 1.87 bits per heavy atom. The van der Waals surface area contributed by atoms with Crippen molar-refractivity contribution in [3.8, 4) is 5.75 Å². The molecule has 4 rings (SSSR count). The summed E-state index contributed by atoms with van der Waals surface area (Å²) in [6.07, 6.45) is -1.47. The number of urea groups is 1. The number of ether oxygens (including phenoxy) is 3. The molecule has 3 fully saturated rings. The van der Waals surface area contributed by atoms with E-state index in [2.05, 4.69) is 10.0 Å². The van der Waals surface area contributed by atoms with Gasteiger partial charge < -0.3 is 18.8 Å². The predicted octanol–water partition coefficient (Wildman–Crippen LogP) is 2.69. The summed E-state index contributed by atoms with van der Waals surface area (Å²) in [6.45, 7) is 6.62. The van der Waals surface area contributed by atoms with Crippen LogP contribution in [0.2, 0.25) is 0 Å². The lowest BCUT2D eigenvalue weighted by atomic mass is 9.90. The van der Waals surface area contributed by atoms with Crippen LogP contribution in [0.5, 0.6) is 5.75 Å². The number of amides is 4. The zero-order valence-electron chi connectivity index (χ0n) is 22.2. The van der Waals surface area contributed by atoms with Crippen LogP contribution in [0.15, 0.2) is 18.2 Å². The summed E-state index contributed by atoms with van der Waals surface area (Å²) in [5, 5.41) is 2.15. The minimum atomic E-state index is -2.03. The van der Waals surface area contributed by atoms with Crippen molar-refractivity contribution in [2.75, 3.05) is 26.4 Å². The molecule has 10 nitrogen and oxygen atoms in total. The molecule has 2 N–H and O–H groups in total. The Hall–Kier alpha value is -2.32. The van der Waals surface area contributed by atoms with Gasteiger partial charge >= 0.3 is 6.03 Å². The molecule has 4 amide bonds. The minimum Gasteiger partial charge on any atom is -0.598 e. The van der Waals surface area contributed by atoms with E-state index < -0.39 is 70.4 Å². The molecule has 3 saturated heterocycles. The highest BCUT2D eigenvalue weighted by Gasteiger charge is 2.46. The second-order valence-corrected chi connectivity index (χ2v) is 12.9. The summed E-state index contributed by atoms with van der Waals surface area (Å²) >= 11 is -1.83. The van der Waals surface area contributed by atoms with Gasteiger partial charge in [-0.1, -0.05) is 0 Å². The molecule has 5 atom stereocenters. The molecule has 0 saturated carbocycles. The van der Waals surface area contributed by atoms with Gasteiger partial charge in [-0.15, -0.1) is 4.72 Å². The Bertz CT molecular complexity index is 1060. The molecule has 216 valence electrons. The largest absolute Gasteiger partial charge is 0.598 e. The highest BCUT2D eigenvalue weighted by molar-refractivity contribution is 7.90. The number of nitrogens with one attached hydrogen (secondary N) is 2. The van der Waals surface area contributed by atoms with Gasteiger partial charge in [0.2, 0.25) is 11.8 Å². The molecule has 1 aromatic rings. The molecule has 3 aliphatic heterocycles. The van der Waals surface area contributed by atoms with Crippen LogP contribution in [0.25, 0.3) is 0 Å². The fourth-order valence-corrected chi connectivity index (χ4v) is 5.61. The topological polar surface area (TPSA) is 129 Å². The fraction of sp³-hybridized carbons (Fsp3) is 0.654. The van der Waals surface area contributed by atoms with Crippen LogP contribution in [-0.4, -0.2) is 76.8 Å². The van der Waals surface area contributed by atoms with Gasteiger partial charge in [-0.3, -0.25) is 19.8 Å². The molecule has 0 aromatic heterocycles. The van der Waals surface area contributed by atoms with Crippen molar-refractivity contribution in [3.05, 3.63) is 29.6 Å². The average molecular weight is 572 g/mol. The lowest BCUT2D eigenvalue weighted by Gasteiger charge is -2.38. The number of barbiturate groups is 1. The summed E-state index contributed by atoms with van der Waals surface area (Å²) in [5.41, 5.74) is -0.155. The number of nitrogens with zero attached hydrogens (tertiary/aromatic N) is 1. The van der Waals surface area contributed by atoms with Crippen LogP contribution < -0.4 is 14.8 Å². The highest BCUT2D eigenvalue weighted by Crippen LogP contribution is 2.34. The molecule has 3 unspecified atom stereocenters. The van der Waals surface area contributed by atoms with Crippen LogP contribution in [0.1, 0.15) is 58.1 Å². The standard InChI is InChI=1S/C26H35F2N3O7S/c1-26(2,3)39(35)30-22(18-12-16(4-5-20(18)27)38-17-8-11-37-14-17)21(28)13-19-23(32)29-25(34)31(24(19)33)15-6-9-36-10-7-15/h4-5,12,15,17,19,21-22,30H,6-11,13-14H2,1-3H3,(H,29,32,34)/t17?,19?,21-,22-,39?/m0/s1. The van der Waals surface area contributed by atoms with Crippen molar-refractivity contribution in [2.24, 2.45) is 5.92 Å². The van der Waals surface area contributed by atoms with Crippen molar-refractivity contribution >= 4 is 29.2 Å². The maximum Gasteiger partial charge on any atom is 0.331 e. The smallest absolute Gasteiger partial charge is 0.331 e. The molecule has 3 heterocycles. The van der Waals surface area contributed by atoms with Crippen LogP contribution in [-0.2, 0) is 30.4 Å². The van der Waals surface area contributed by atoms with E-state index in [1.165, 1.54) is 12.1 Å². The highest BCUT2D eigenvalue weighted by atomic mass is 32.2. The zero-order chi connectivity index (χ0) is 28.3. The molecule has 0 radical (unpaired) electrons. The number of imide groups is 2. The van der Waals surface area contributed by atoms with Crippen molar-refractivity contribution in [3.63, 3.8) is 0 Å². The Morgan fingerprint density at radius 3 is 2.51 bits per heavy atom. The second-order valence-electron chi connectivity index (χ2n) is 10.9. The van der Waals surface area contributed by atoms with E-state index >= 15 is 8.78 Å². The Kier molecular flexibility index (Phi) is 9.48. The second kappa shape index (κ2) is 12.5. The van der Waals surface area contributed by atoms with Gasteiger partial charge in [-0.05, 0) is 51.8 Å². The summed E-state index contributed by atoms with van der Waals surface area (Å²) in [6, 6.07) is 1.07.